The van der Waals surface area contributed by atoms with Crippen molar-refractivity contribution in [3.8, 4) is 11.5 Å². The second-order valence-electron chi connectivity index (χ2n) is 11.0. The van der Waals surface area contributed by atoms with Gasteiger partial charge in [0.2, 0.25) is 0 Å². The third-order valence-corrected chi connectivity index (χ3v) is 8.60. The Morgan fingerprint density at radius 2 is 1.95 bits per heavy atom. The second kappa shape index (κ2) is 11.5. The highest BCUT2D eigenvalue weighted by Crippen LogP contribution is 2.44. The number of methoxy groups -OCH3 is 1. The van der Waals surface area contributed by atoms with Gasteiger partial charge >= 0.3 is 5.97 Å². The number of aromatic nitrogens is 4. The molecule has 0 spiro atoms. The number of pyridine rings is 2. The normalized spacial score (nSPS) is 20.8. The van der Waals surface area contributed by atoms with E-state index in [-0.39, 0.29) is 17.9 Å². The minimum atomic E-state index is -0.457. The fourth-order valence-electron chi connectivity index (χ4n) is 5.97. The van der Waals surface area contributed by atoms with Crippen molar-refractivity contribution in [1.82, 2.24) is 24.4 Å². The van der Waals surface area contributed by atoms with Crippen LogP contribution in [-0.4, -0.2) is 69.9 Å². The highest BCUT2D eigenvalue weighted by molar-refractivity contribution is 6.30. The van der Waals surface area contributed by atoms with Crippen LogP contribution in [0.4, 0.5) is 0 Å². The molecule has 218 valence electrons. The van der Waals surface area contributed by atoms with Gasteiger partial charge in [0, 0.05) is 18.4 Å². The summed E-state index contributed by atoms with van der Waals surface area (Å²) >= 11 is 6.04. The number of likely N-dealkylation sites (tertiary alicyclic amines) is 1. The van der Waals surface area contributed by atoms with Gasteiger partial charge in [-0.2, -0.15) is 0 Å². The first kappa shape index (κ1) is 27.1. The van der Waals surface area contributed by atoms with Crippen LogP contribution in [0.1, 0.15) is 58.9 Å². The van der Waals surface area contributed by atoms with Crippen LogP contribution in [0, 0.1) is 0 Å². The standard InChI is InChI=1S/C31H32ClN5O5/c1-39-31(38)25-8-7-24-30(35-25)37(16-21-11-14-40-21)28(34-24)17-36-12-9-19(10-13-36)22-3-2-4-26-29(22)42-27(18-41-26)23-6-5-20(32)15-33-23/h2-8,15,19,21,27H,9-14,16-18H2,1H3/t21-,27+/m0/s1. The fourth-order valence-corrected chi connectivity index (χ4v) is 6.08. The fraction of sp³-hybridized carbons (Fsp3) is 0.419. The van der Waals surface area contributed by atoms with Crippen molar-refractivity contribution in [2.45, 2.75) is 50.5 Å². The molecule has 4 aromatic rings. The van der Waals surface area contributed by atoms with Crippen LogP contribution in [0.2, 0.25) is 5.02 Å². The first-order chi connectivity index (χ1) is 20.6. The molecule has 42 heavy (non-hydrogen) atoms. The Kier molecular flexibility index (Phi) is 7.43. The number of hydrogen-bond acceptors (Lipinski definition) is 9. The first-order valence-corrected chi connectivity index (χ1v) is 14.8. The summed E-state index contributed by atoms with van der Waals surface area (Å²) in [4.78, 5) is 28.6. The van der Waals surface area contributed by atoms with Gasteiger partial charge in [-0.1, -0.05) is 23.7 Å². The molecule has 3 aliphatic heterocycles. The summed E-state index contributed by atoms with van der Waals surface area (Å²) in [6.45, 7) is 4.38. The summed E-state index contributed by atoms with van der Waals surface area (Å²) in [5.41, 5.74) is 3.72. The van der Waals surface area contributed by atoms with Crippen molar-refractivity contribution in [1.29, 1.82) is 0 Å². The molecule has 6 heterocycles. The molecule has 2 atom stereocenters. The Bertz CT molecular complexity index is 1600. The van der Waals surface area contributed by atoms with Gasteiger partial charge in [0.15, 0.2) is 28.9 Å². The lowest BCUT2D eigenvalue weighted by Crippen LogP contribution is -2.35. The summed E-state index contributed by atoms with van der Waals surface area (Å²) in [7, 11) is 1.36. The molecule has 2 fully saturated rings. The van der Waals surface area contributed by atoms with Crippen LogP contribution < -0.4 is 9.47 Å². The van der Waals surface area contributed by atoms with Crippen molar-refractivity contribution in [3.05, 3.63) is 76.5 Å². The predicted octanol–water partition coefficient (Wildman–Crippen LogP) is 4.95. The van der Waals surface area contributed by atoms with E-state index in [1.54, 1.807) is 12.3 Å². The molecule has 0 unspecified atom stereocenters. The van der Waals surface area contributed by atoms with Crippen LogP contribution in [0.25, 0.3) is 11.2 Å². The number of hydrogen-bond donors (Lipinski definition) is 0. The third kappa shape index (κ3) is 5.30. The van der Waals surface area contributed by atoms with Crippen LogP contribution >= 0.6 is 11.6 Å². The van der Waals surface area contributed by atoms with E-state index in [2.05, 4.69) is 25.5 Å². The summed E-state index contributed by atoms with van der Waals surface area (Å²) in [5.74, 6) is 2.43. The summed E-state index contributed by atoms with van der Waals surface area (Å²) < 4.78 is 25.3. The average molecular weight is 590 g/mol. The Balaban J connectivity index is 1.07. The van der Waals surface area contributed by atoms with Gasteiger partial charge in [-0.25, -0.2) is 14.8 Å². The van der Waals surface area contributed by atoms with E-state index in [4.69, 9.17) is 35.5 Å². The number of fused-ring (bicyclic) bond motifs is 2. The van der Waals surface area contributed by atoms with Crippen molar-refractivity contribution in [3.63, 3.8) is 0 Å². The Hall–Kier alpha value is -3.73. The van der Waals surface area contributed by atoms with Crippen molar-refractivity contribution >= 4 is 28.7 Å². The van der Waals surface area contributed by atoms with Crippen molar-refractivity contribution < 1.29 is 23.7 Å². The highest BCUT2D eigenvalue weighted by Gasteiger charge is 2.31. The number of ether oxygens (including phenoxy) is 4. The number of rotatable bonds is 7. The maximum absolute atomic E-state index is 12.1. The number of imidazole rings is 1. The number of carbonyl (C=O) groups is 1. The number of benzene rings is 1. The van der Waals surface area contributed by atoms with Crippen molar-refractivity contribution in [2.24, 2.45) is 0 Å². The number of piperidine rings is 1. The zero-order valence-electron chi connectivity index (χ0n) is 23.4. The summed E-state index contributed by atoms with van der Waals surface area (Å²) in [6.07, 6.45) is 4.47. The van der Waals surface area contributed by atoms with Gasteiger partial charge in [-0.05, 0) is 68.6 Å². The molecule has 3 aromatic heterocycles. The number of carbonyl (C=O) groups excluding carboxylic acids is 1. The average Bonchev–Trinajstić information content (AvgIpc) is 3.34. The van der Waals surface area contributed by atoms with Crippen LogP contribution in [-0.2, 0) is 22.6 Å². The lowest BCUT2D eigenvalue weighted by atomic mass is 9.88. The van der Waals surface area contributed by atoms with Gasteiger partial charge in [-0.15, -0.1) is 0 Å². The van der Waals surface area contributed by atoms with Gasteiger partial charge in [0.05, 0.1) is 37.0 Å². The van der Waals surface area contributed by atoms with E-state index in [0.717, 1.165) is 67.5 Å². The minimum Gasteiger partial charge on any atom is -0.485 e. The van der Waals surface area contributed by atoms with E-state index in [1.807, 2.05) is 30.3 Å². The molecule has 0 N–H and O–H groups in total. The lowest BCUT2D eigenvalue weighted by molar-refractivity contribution is -0.0593. The Morgan fingerprint density at radius 3 is 2.69 bits per heavy atom. The third-order valence-electron chi connectivity index (χ3n) is 8.38. The highest BCUT2D eigenvalue weighted by atomic mass is 35.5. The van der Waals surface area contributed by atoms with E-state index in [9.17, 15) is 4.79 Å². The molecule has 2 saturated heterocycles. The molecule has 0 saturated carbocycles. The first-order valence-electron chi connectivity index (χ1n) is 14.4. The second-order valence-corrected chi connectivity index (χ2v) is 11.4. The zero-order chi connectivity index (χ0) is 28.6. The van der Waals surface area contributed by atoms with Crippen LogP contribution in [0.3, 0.4) is 0 Å². The van der Waals surface area contributed by atoms with Crippen molar-refractivity contribution in [2.75, 3.05) is 33.4 Å². The minimum absolute atomic E-state index is 0.133. The quantitative estimate of drug-likeness (QED) is 0.277. The maximum Gasteiger partial charge on any atom is 0.356 e. The summed E-state index contributed by atoms with van der Waals surface area (Å²) in [5, 5.41) is 0.595. The predicted molar refractivity (Wildman–Crippen MR) is 155 cm³/mol. The SMILES string of the molecule is COC(=O)c1ccc2nc(CN3CCC(c4cccc5c4O[C@@H](c4ccc(Cl)cn4)CO5)CC3)n(C[C@@H]3CCO3)c2n1. The Morgan fingerprint density at radius 1 is 1.10 bits per heavy atom. The molecular weight excluding hydrogens is 558 g/mol. The molecular formula is C31H32ClN5O5. The monoisotopic (exact) mass is 589 g/mol. The van der Waals surface area contributed by atoms with E-state index < -0.39 is 5.97 Å². The molecule has 0 aliphatic carbocycles. The molecule has 0 bridgehead atoms. The van der Waals surface area contributed by atoms with Crippen LogP contribution in [0.15, 0.2) is 48.7 Å². The summed E-state index contributed by atoms with van der Waals surface area (Å²) in [6, 6.07) is 13.4. The van der Waals surface area contributed by atoms with E-state index in [1.165, 1.54) is 12.7 Å². The van der Waals surface area contributed by atoms with Gasteiger partial charge in [-0.3, -0.25) is 9.88 Å². The number of esters is 1. The topological polar surface area (TPSA) is 101 Å². The number of halogens is 1. The number of nitrogens with zero attached hydrogens (tertiary/aromatic N) is 5. The van der Waals surface area contributed by atoms with E-state index >= 15 is 0 Å². The molecule has 3 aliphatic rings. The van der Waals surface area contributed by atoms with Gasteiger partial charge in [0.1, 0.15) is 17.9 Å². The molecule has 0 radical (unpaired) electrons. The molecule has 1 aromatic carbocycles. The van der Waals surface area contributed by atoms with E-state index in [0.29, 0.717) is 36.3 Å². The maximum atomic E-state index is 12.1. The molecule has 10 nitrogen and oxygen atoms in total. The van der Waals surface area contributed by atoms with Gasteiger partial charge in [0.25, 0.3) is 0 Å². The Labute approximate surface area is 248 Å². The van der Waals surface area contributed by atoms with Gasteiger partial charge < -0.3 is 23.5 Å². The molecule has 7 rings (SSSR count). The van der Waals surface area contributed by atoms with Crippen LogP contribution in [0.5, 0.6) is 11.5 Å². The number of para-hydroxylation sites is 1. The largest absolute Gasteiger partial charge is 0.485 e. The molecule has 0 amide bonds. The smallest absolute Gasteiger partial charge is 0.356 e. The lowest BCUT2D eigenvalue weighted by Gasteiger charge is -2.35. The zero-order valence-corrected chi connectivity index (χ0v) is 24.1. The molecule has 11 heteroatoms.